The van der Waals surface area contributed by atoms with Crippen molar-refractivity contribution in [1.29, 1.82) is 0 Å². The summed E-state index contributed by atoms with van der Waals surface area (Å²) in [5.74, 6) is 1.19. The fourth-order valence-electron chi connectivity index (χ4n) is 4.77. The molecular formula is C28H19N5O6. The molecule has 39 heavy (non-hydrogen) atoms. The van der Waals surface area contributed by atoms with Crippen LogP contribution >= 0.6 is 0 Å². The van der Waals surface area contributed by atoms with Crippen LogP contribution in [-0.2, 0) is 0 Å². The maximum atomic E-state index is 12.6. The van der Waals surface area contributed by atoms with Crippen LogP contribution in [0.1, 0.15) is 17.6 Å². The van der Waals surface area contributed by atoms with E-state index in [1.807, 2.05) is 42.5 Å². The Balaban J connectivity index is 1.46. The Labute approximate surface area is 220 Å². The zero-order chi connectivity index (χ0) is 26.5. The van der Waals surface area contributed by atoms with E-state index in [0.717, 1.165) is 10.9 Å². The van der Waals surface area contributed by atoms with E-state index in [2.05, 4.69) is 15.3 Å². The van der Waals surface area contributed by atoms with E-state index in [9.17, 15) is 15.2 Å². The molecule has 6 aromatic rings. The molecule has 0 bridgehead atoms. The normalized spacial score (nSPS) is 13.2. The van der Waals surface area contributed by atoms with E-state index < -0.39 is 16.7 Å². The highest BCUT2D eigenvalue weighted by molar-refractivity contribution is 5.82. The first kappa shape index (κ1) is 22.8. The van der Waals surface area contributed by atoms with Crippen molar-refractivity contribution in [2.45, 2.75) is 6.10 Å². The third-order valence-electron chi connectivity index (χ3n) is 6.56. The predicted octanol–water partition coefficient (Wildman–Crippen LogP) is 5.39. The molecule has 1 aliphatic heterocycles. The fourth-order valence-corrected chi connectivity index (χ4v) is 4.77. The number of aromatic amines is 1. The van der Waals surface area contributed by atoms with Gasteiger partial charge in [-0.25, -0.2) is 4.68 Å². The van der Waals surface area contributed by atoms with Crippen molar-refractivity contribution < 1.29 is 23.9 Å². The van der Waals surface area contributed by atoms with Gasteiger partial charge in [-0.05, 0) is 29.8 Å². The number of benzene rings is 3. The summed E-state index contributed by atoms with van der Waals surface area (Å²) in [6.45, 7) is -0.0245. The zero-order valence-corrected chi connectivity index (χ0v) is 20.1. The SMILES string of the molecule is O=[N+]([O-])c1c(C(O)c2cc3ccccc3o2)nn(-c2cc(-c3ccccc3)[nH]n2)c1-c1cccc2c1OCO2. The number of hydrogen-bond acceptors (Lipinski definition) is 8. The lowest BCUT2D eigenvalue weighted by Crippen LogP contribution is -2.04. The van der Waals surface area contributed by atoms with Crippen molar-refractivity contribution in [3.63, 3.8) is 0 Å². The number of nitrogens with zero attached hydrogens (tertiary/aromatic N) is 4. The minimum Gasteiger partial charge on any atom is -0.458 e. The largest absolute Gasteiger partial charge is 0.458 e. The molecule has 3 aromatic carbocycles. The van der Waals surface area contributed by atoms with E-state index in [1.165, 1.54) is 4.68 Å². The number of hydrogen-bond donors (Lipinski definition) is 2. The molecule has 4 heterocycles. The van der Waals surface area contributed by atoms with E-state index in [-0.39, 0.29) is 29.8 Å². The van der Waals surface area contributed by atoms with Crippen molar-refractivity contribution in [3.05, 3.63) is 106 Å². The van der Waals surface area contributed by atoms with Gasteiger partial charge in [0.1, 0.15) is 11.3 Å². The van der Waals surface area contributed by atoms with E-state index >= 15 is 0 Å². The highest BCUT2D eigenvalue weighted by atomic mass is 16.7. The molecule has 11 heteroatoms. The van der Waals surface area contributed by atoms with E-state index in [0.29, 0.717) is 28.3 Å². The molecule has 3 aromatic heterocycles. The van der Waals surface area contributed by atoms with Gasteiger partial charge < -0.3 is 19.0 Å². The summed E-state index contributed by atoms with van der Waals surface area (Å²) in [6.07, 6.45) is -1.53. The Hall–Kier alpha value is -5.42. The monoisotopic (exact) mass is 521 g/mol. The minimum atomic E-state index is -1.53. The van der Waals surface area contributed by atoms with Gasteiger partial charge in [-0.15, -0.1) is 0 Å². The Morgan fingerprint density at radius 2 is 1.82 bits per heavy atom. The number of para-hydroxylation sites is 2. The number of nitro groups is 1. The number of nitrogens with one attached hydrogen (secondary N) is 1. The summed E-state index contributed by atoms with van der Waals surface area (Å²) in [4.78, 5) is 12.0. The molecule has 0 radical (unpaired) electrons. The second kappa shape index (κ2) is 8.85. The van der Waals surface area contributed by atoms with Crippen LogP contribution in [0.3, 0.4) is 0 Å². The summed E-state index contributed by atoms with van der Waals surface area (Å²) < 4.78 is 18.4. The molecule has 192 valence electrons. The minimum absolute atomic E-state index is 0.0245. The number of aliphatic hydroxyl groups is 1. The number of ether oxygens (including phenoxy) is 2. The third-order valence-corrected chi connectivity index (χ3v) is 6.56. The molecule has 0 saturated heterocycles. The topological polar surface area (TPSA) is 141 Å². The Morgan fingerprint density at radius 1 is 1.00 bits per heavy atom. The van der Waals surface area contributed by atoms with Gasteiger partial charge in [0.25, 0.3) is 0 Å². The smallest absolute Gasteiger partial charge is 0.322 e. The summed E-state index contributed by atoms with van der Waals surface area (Å²) in [6, 6.07) is 25.2. The van der Waals surface area contributed by atoms with Crippen LogP contribution < -0.4 is 9.47 Å². The van der Waals surface area contributed by atoms with Crippen LogP contribution in [0, 0.1) is 10.1 Å². The highest BCUT2D eigenvalue weighted by Crippen LogP contribution is 2.47. The zero-order valence-electron chi connectivity index (χ0n) is 20.1. The van der Waals surface area contributed by atoms with Crippen LogP contribution in [0.2, 0.25) is 0 Å². The van der Waals surface area contributed by atoms with Crippen molar-refractivity contribution in [3.8, 4) is 39.8 Å². The Kier molecular flexibility index (Phi) is 5.17. The van der Waals surface area contributed by atoms with Crippen molar-refractivity contribution in [1.82, 2.24) is 20.0 Å². The molecule has 2 N–H and O–H groups in total. The number of aromatic nitrogens is 4. The lowest BCUT2D eigenvalue weighted by atomic mass is 10.1. The lowest BCUT2D eigenvalue weighted by Gasteiger charge is -2.07. The first-order chi connectivity index (χ1) is 19.1. The molecule has 0 aliphatic carbocycles. The summed E-state index contributed by atoms with van der Waals surface area (Å²) >= 11 is 0. The molecule has 7 rings (SSSR count). The second-order valence-electron chi connectivity index (χ2n) is 8.89. The molecule has 11 nitrogen and oxygen atoms in total. The number of furan rings is 1. The maximum Gasteiger partial charge on any atom is 0.322 e. The van der Waals surface area contributed by atoms with Crippen LogP contribution in [0.25, 0.3) is 39.3 Å². The molecule has 1 unspecified atom stereocenters. The van der Waals surface area contributed by atoms with Gasteiger partial charge >= 0.3 is 5.69 Å². The number of aliphatic hydroxyl groups excluding tert-OH is 1. The average Bonchev–Trinajstić information content (AvgIpc) is 3.76. The molecule has 0 amide bonds. The molecule has 0 fully saturated rings. The first-order valence-corrected chi connectivity index (χ1v) is 12.0. The van der Waals surface area contributed by atoms with Gasteiger partial charge in [0.05, 0.1) is 16.2 Å². The Bertz CT molecular complexity index is 1820. The third kappa shape index (κ3) is 3.71. The lowest BCUT2D eigenvalue weighted by molar-refractivity contribution is -0.385. The van der Waals surface area contributed by atoms with Crippen LogP contribution in [0.5, 0.6) is 11.5 Å². The molecule has 1 aliphatic rings. The quantitative estimate of drug-likeness (QED) is 0.219. The first-order valence-electron chi connectivity index (χ1n) is 12.0. The molecular weight excluding hydrogens is 502 g/mol. The van der Waals surface area contributed by atoms with E-state index in [1.54, 1.807) is 42.5 Å². The van der Waals surface area contributed by atoms with E-state index in [4.69, 9.17) is 13.9 Å². The average molecular weight is 521 g/mol. The summed E-state index contributed by atoms with van der Waals surface area (Å²) in [5.41, 5.74) is 1.95. The van der Waals surface area contributed by atoms with Crippen molar-refractivity contribution in [2.75, 3.05) is 6.79 Å². The van der Waals surface area contributed by atoms with Gasteiger partial charge in [-0.1, -0.05) is 54.6 Å². The number of fused-ring (bicyclic) bond motifs is 2. The van der Waals surface area contributed by atoms with Crippen LogP contribution in [0.15, 0.2) is 89.3 Å². The van der Waals surface area contributed by atoms with Crippen molar-refractivity contribution >= 4 is 16.7 Å². The fraction of sp³-hybridized carbons (Fsp3) is 0.0714. The van der Waals surface area contributed by atoms with Crippen molar-refractivity contribution in [2.24, 2.45) is 0 Å². The Morgan fingerprint density at radius 3 is 2.64 bits per heavy atom. The predicted molar refractivity (Wildman–Crippen MR) is 140 cm³/mol. The molecule has 0 saturated carbocycles. The summed E-state index contributed by atoms with van der Waals surface area (Å²) in [5, 5.41) is 36.6. The van der Waals surface area contributed by atoms with Gasteiger partial charge in [0.2, 0.25) is 6.79 Å². The molecule has 0 spiro atoms. The maximum absolute atomic E-state index is 12.6. The number of rotatable bonds is 6. The second-order valence-corrected chi connectivity index (χ2v) is 8.89. The van der Waals surface area contributed by atoms with Gasteiger partial charge in [0, 0.05) is 11.5 Å². The number of H-pyrrole nitrogens is 1. The molecule has 1 atom stereocenters. The van der Waals surface area contributed by atoms with Gasteiger partial charge in [-0.2, -0.15) is 10.2 Å². The highest BCUT2D eigenvalue weighted by Gasteiger charge is 2.38. The standard InChI is InChI=1S/C28H19N5O6/c34-27(22-13-17-9-4-5-11-20(17)39-22)24-26(33(35)36)25(18-10-6-12-21-28(18)38-15-37-21)32(31-24)23-14-19(29-30-23)16-7-2-1-3-8-16/h1-14,27,34H,15H2,(H,29,30). The van der Waals surface area contributed by atoms with Gasteiger partial charge in [-0.3, -0.25) is 15.2 Å². The summed E-state index contributed by atoms with van der Waals surface area (Å²) in [7, 11) is 0. The van der Waals surface area contributed by atoms with Crippen LogP contribution in [-0.4, -0.2) is 36.8 Å². The van der Waals surface area contributed by atoms with Crippen LogP contribution in [0.4, 0.5) is 5.69 Å². The van der Waals surface area contributed by atoms with Gasteiger partial charge in [0.15, 0.2) is 34.8 Å².